The molecule has 0 atom stereocenters. The van der Waals surface area contributed by atoms with Gasteiger partial charge in [-0.3, -0.25) is 4.31 Å². The molecule has 1 aliphatic heterocycles. The summed E-state index contributed by atoms with van der Waals surface area (Å²) in [6.45, 7) is 0.376. The van der Waals surface area contributed by atoms with E-state index in [1.165, 1.54) is 4.31 Å². The predicted octanol–water partition coefficient (Wildman–Crippen LogP) is 4.84. The first-order valence-corrected chi connectivity index (χ1v) is 11.2. The van der Waals surface area contributed by atoms with Crippen molar-refractivity contribution in [3.8, 4) is 0 Å². The molecule has 3 aromatic carbocycles. The number of urea groups is 1. The van der Waals surface area contributed by atoms with Crippen molar-refractivity contribution in [3.63, 3.8) is 0 Å². The second-order valence-corrected chi connectivity index (χ2v) is 9.35. The van der Waals surface area contributed by atoms with Gasteiger partial charge in [0.25, 0.3) is 10.0 Å². The Morgan fingerprint density at radius 1 is 0.897 bits per heavy atom. The number of benzene rings is 3. The Kier molecular flexibility index (Phi) is 5.29. The molecule has 4 rings (SSSR count). The normalized spacial score (nSPS) is 13.1. The molecule has 2 N–H and O–H groups in total. The Morgan fingerprint density at radius 3 is 2.28 bits per heavy atom. The van der Waals surface area contributed by atoms with Gasteiger partial charge in [0, 0.05) is 22.4 Å². The second kappa shape index (κ2) is 7.88. The predicted molar refractivity (Wildman–Crippen MR) is 118 cm³/mol. The van der Waals surface area contributed by atoms with Crippen LogP contribution >= 0.6 is 15.9 Å². The number of anilines is 3. The second-order valence-electron chi connectivity index (χ2n) is 6.57. The van der Waals surface area contributed by atoms with Crippen molar-refractivity contribution in [1.29, 1.82) is 0 Å². The highest BCUT2D eigenvalue weighted by Gasteiger charge is 2.30. The minimum absolute atomic E-state index is 0.268. The summed E-state index contributed by atoms with van der Waals surface area (Å²) in [5.41, 5.74) is 2.81. The molecule has 8 heteroatoms. The first-order valence-electron chi connectivity index (χ1n) is 8.98. The van der Waals surface area contributed by atoms with E-state index in [1.807, 2.05) is 18.2 Å². The van der Waals surface area contributed by atoms with Gasteiger partial charge in [0.15, 0.2) is 0 Å². The van der Waals surface area contributed by atoms with Crippen LogP contribution in [0.25, 0.3) is 0 Å². The van der Waals surface area contributed by atoms with E-state index in [1.54, 1.807) is 54.6 Å². The van der Waals surface area contributed by atoms with Gasteiger partial charge in [0.2, 0.25) is 0 Å². The molecule has 0 aliphatic carbocycles. The molecule has 148 valence electrons. The minimum Gasteiger partial charge on any atom is -0.308 e. The summed E-state index contributed by atoms with van der Waals surface area (Å²) < 4.78 is 28.2. The molecule has 29 heavy (non-hydrogen) atoms. The summed E-state index contributed by atoms with van der Waals surface area (Å²) in [7, 11) is -3.60. The van der Waals surface area contributed by atoms with E-state index in [2.05, 4.69) is 26.6 Å². The van der Waals surface area contributed by atoms with Crippen LogP contribution in [-0.2, 0) is 16.4 Å². The lowest BCUT2D eigenvalue weighted by Gasteiger charge is -2.19. The van der Waals surface area contributed by atoms with Gasteiger partial charge in [0.1, 0.15) is 0 Å². The standard InChI is InChI=1S/C21H18BrN3O3S/c22-16-6-8-17(9-7-16)23-21(26)24-18-10-11-20-15(14-18)12-13-25(20)29(27,28)19-4-2-1-3-5-19/h1-11,14H,12-13H2,(H2,23,24,26). The number of nitrogens with one attached hydrogen (secondary N) is 2. The number of nitrogens with zero attached hydrogens (tertiary/aromatic N) is 1. The lowest BCUT2D eigenvalue weighted by molar-refractivity contribution is 0.262. The first kappa shape index (κ1) is 19.5. The molecule has 3 aromatic rings. The van der Waals surface area contributed by atoms with E-state index in [9.17, 15) is 13.2 Å². The highest BCUT2D eigenvalue weighted by atomic mass is 79.9. The molecule has 0 saturated heterocycles. The van der Waals surface area contributed by atoms with Gasteiger partial charge in [-0.2, -0.15) is 0 Å². The summed E-state index contributed by atoms with van der Waals surface area (Å²) in [4.78, 5) is 12.5. The number of rotatable bonds is 4. The van der Waals surface area contributed by atoms with Gasteiger partial charge in [-0.25, -0.2) is 13.2 Å². The Hall–Kier alpha value is -2.84. The van der Waals surface area contributed by atoms with Crippen LogP contribution < -0.4 is 14.9 Å². The van der Waals surface area contributed by atoms with Gasteiger partial charge >= 0.3 is 6.03 Å². The number of amides is 2. The number of fused-ring (bicyclic) bond motifs is 1. The van der Waals surface area contributed by atoms with Crippen LogP contribution in [0.4, 0.5) is 21.9 Å². The third-order valence-corrected chi connectivity index (χ3v) is 6.98. The van der Waals surface area contributed by atoms with E-state index in [0.717, 1.165) is 10.0 Å². The van der Waals surface area contributed by atoms with Crippen molar-refractivity contribution in [2.75, 3.05) is 21.5 Å². The molecule has 0 saturated carbocycles. The van der Waals surface area contributed by atoms with E-state index in [0.29, 0.717) is 30.0 Å². The minimum atomic E-state index is -3.60. The smallest absolute Gasteiger partial charge is 0.308 e. The summed E-state index contributed by atoms with van der Waals surface area (Å²) in [6, 6.07) is 20.5. The number of sulfonamides is 1. The highest BCUT2D eigenvalue weighted by Crippen LogP contribution is 2.34. The maximum atomic E-state index is 12.9. The summed E-state index contributed by atoms with van der Waals surface area (Å²) in [6.07, 6.45) is 0.589. The summed E-state index contributed by atoms with van der Waals surface area (Å²) in [5, 5.41) is 5.55. The van der Waals surface area contributed by atoms with E-state index in [4.69, 9.17) is 0 Å². The largest absolute Gasteiger partial charge is 0.323 e. The van der Waals surface area contributed by atoms with Crippen molar-refractivity contribution in [2.24, 2.45) is 0 Å². The quantitative estimate of drug-likeness (QED) is 0.570. The topological polar surface area (TPSA) is 78.5 Å². The molecule has 6 nitrogen and oxygen atoms in total. The summed E-state index contributed by atoms with van der Waals surface area (Å²) >= 11 is 3.35. The molecule has 1 aliphatic rings. The molecule has 0 aromatic heterocycles. The van der Waals surface area contributed by atoms with Crippen molar-refractivity contribution in [1.82, 2.24) is 0 Å². The molecule has 1 heterocycles. The van der Waals surface area contributed by atoms with E-state index in [-0.39, 0.29) is 10.9 Å². The zero-order chi connectivity index (χ0) is 20.4. The van der Waals surface area contributed by atoms with E-state index >= 15 is 0 Å². The number of hydrogen-bond acceptors (Lipinski definition) is 3. The Balaban J connectivity index is 1.50. The fraction of sp³-hybridized carbons (Fsp3) is 0.0952. The molecular weight excluding hydrogens is 454 g/mol. The van der Waals surface area contributed by atoms with Crippen LogP contribution in [0.5, 0.6) is 0 Å². The SMILES string of the molecule is O=C(Nc1ccc(Br)cc1)Nc1ccc2c(c1)CCN2S(=O)(=O)c1ccccc1. The molecule has 2 amide bonds. The van der Waals surface area contributed by atoms with Gasteiger partial charge < -0.3 is 10.6 Å². The van der Waals surface area contributed by atoms with Crippen LogP contribution in [-0.4, -0.2) is 21.0 Å². The third kappa shape index (κ3) is 4.13. The van der Waals surface area contributed by atoms with Crippen LogP contribution in [0.1, 0.15) is 5.56 Å². The zero-order valence-electron chi connectivity index (χ0n) is 15.3. The van der Waals surface area contributed by atoms with Crippen LogP contribution in [0.15, 0.2) is 82.2 Å². The first-order chi connectivity index (χ1) is 13.9. The molecule has 0 spiro atoms. The average molecular weight is 472 g/mol. The summed E-state index contributed by atoms with van der Waals surface area (Å²) in [5.74, 6) is 0. The Morgan fingerprint density at radius 2 is 1.55 bits per heavy atom. The van der Waals surface area contributed by atoms with Crippen molar-refractivity contribution in [2.45, 2.75) is 11.3 Å². The highest BCUT2D eigenvalue weighted by molar-refractivity contribution is 9.10. The number of carbonyl (C=O) groups excluding carboxylic acids is 1. The Bertz CT molecular complexity index is 1150. The van der Waals surface area contributed by atoms with Crippen LogP contribution in [0, 0.1) is 0 Å². The number of carbonyl (C=O) groups is 1. The van der Waals surface area contributed by atoms with Gasteiger partial charge in [-0.05, 0) is 66.6 Å². The maximum Gasteiger partial charge on any atom is 0.323 e. The fourth-order valence-corrected chi connectivity index (χ4v) is 5.03. The lowest BCUT2D eigenvalue weighted by atomic mass is 10.1. The van der Waals surface area contributed by atoms with Crippen LogP contribution in [0.3, 0.4) is 0 Å². The monoisotopic (exact) mass is 471 g/mol. The lowest BCUT2D eigenvalue weighted by Crippen LogP contribution is -2.29. The van der Waals surface area contributed by atoms with Crippen molar-refractivity contribution in [3.05, 3.63) is 82.8 Å². The molecule has 0 fully saturated rings. The zero-order valence-corrected chi connectivity index (χ0v) is 17.7. The third-order valence-electron chi connectivity index (χ3n) is 4.62. The molecule has 0 radical (unpaired) electrons. The van der Waals surface area contributed by atoms with Crippen molar-refractivity contribution >= 4 is 49.0 Å². The average Bonchev–Trinajstić information content (AvgIpc) is 3.14. The van der Waals surface area contributed by atoms with Gasteiger partial charge in [0.05, 0.1) is 10.6 Å². The Labute approximate surface area is 177 Å². The van der Waals surface area contributed by atoms with E-state index < -0.39 is 10.0 Å². The van der Waals surface area contributed by atoms with Crippen LogP contribution in [0.2, 0.25) is 0 Å². The molecular formula is C21H18BrN3O3S. The maximum absolute atomic E-state index is 12.9. The van der Waals surface area contributed by atoms with Gasteiger partial charge in [-0.15, -0.1) is 0 Å². The molecule has 0 bridgehead atoms. The molecule has 0 unspecified atom stereocenters. The number of halogens is 1. The van der Waals surface area contributed by atoms with Gasteiger partial charge in [-0.1, -0.05) is 34.1 Å². The van der Waals surface area contributed by atoms with Crippen molar-refractivity contribution < 1.29 is 13.2 Å². The number of hydrogen-bond donors (Lipinski definition) is 2. The fourth-order valence-electron chi connectivity index (χ4n) is 3.25.